The van der Waals surface area contributed by atoms with E-state index in [0.29, 0.717) is 33.3 Å². The summed E-state index contributed by atoms with van der Waals surface area (Å²) in [5, 5.41) is 5.24. The number of hydrogen-bond acceptors (Lipinski definition) is 6. The van der Waals surface area contributed by atoms with E-state index >= 15 is 0 Å². The molecule has 1 aliphatic carbocycles. The fourth-order valence-corrected chi connectivity index (χ4v) is 12.1. The summed E-state index contributed by atoms with van der Waals surface area (Å²) in [7, 11) is -6.07. The van der Waals surface area contributed by atoms with E-state index in [1.54, 1.807) is 11.3 Å². The van der Waals surface area contributed by atoms with E-state index in [4.69, 9.17) is 8.60 Å². The van der Waals surface area contributed by atoms with Gasteiger partial charge in [0.2, 0.25) is 0 Å². The highest BCUT2D eigenvalue weighted by molar-refractivity contribution is 7.88. The Bertz CT molecular complexity index is 4130. The largest absolute Gasteiger partial charge is 0.534 e. The molecule has 1 aliphatic rings. The predicted molar refractivity (Wildman–Crippen MR) is 277 cm³/mol. The van der Waals surface area contributed by atoms with Crippen LogP contribution in [0, 0.1) is 0 Å². The van der Waals surface area contributed by atoms with Gasteiger partial charge in [0.25, 0.3) is 0 Å². The third-order valence-electron chi connectivity index (χ3n) is 13.6. The fraction of sp³-hybridized carbons (Fsp3) is 0.0333. The molecule has 0 spiro atoms. The molecule has 0 saturated heterocycles. The first-order chi connectivity index (χ1) is 34.0. The second kappa shape index (κ2) is 15.7. The number of hydrogen-bond donors (Lipinski definition) is 0. The van der Waals surface area contributed by atoms with Gasteiger partial charge in [-0.05, 0) is 128 Å². The van der Waals surface area contributed by atoms with Gasteiger partial charge in [-0.3, -0.25) is 0 Å². The second-order valence-corrected chi connectivity index (χ2v) is 20.2. The maximum atomic E-state index is 14.1. The minimum Gasteiger partial charge on any atom is -0.454 e. The number of para-hydroxylation sites is 1. The van der Waals surface area contributed by atoms with Crippen LogP contribution in [0.1, 0.15) is 22.3 Å². The highest BCUT2D eigenvalue weighted by atomic mass is 32.2. The maximum Gasteiger partial charge on any atom is 0.534 e. The Kier molecular flexibility index (Phi) is 9.40. The van der Waals surface area contributed by atoms with Crippen molar-refractivity contribution >= 4 is 91.4 Å². The molecule has 0 unspecified atom stereocenters. The molecule has 0 N–H and O–H groups in total. The molecule has 10 aromatic carbocycles. The third kappa shape index (κ3) is 6.47. The number of nitrogens with zero attached hydrogens (tertiary/aromatic N) is 1. The molecular formula is C60H36F3NO4S2. The first-order valence-corrected chi connectivity index (χ1v) is 24.8. The Morgan fingerprint density at radius 3 is 1.84 bits per heavy atom. The van der Waals surface area contributed by atoms with Crippen LogP contribution in [0.2, 0.25) is 0 Å². The van der Waals surface area contributed by atoms with Crippen LogP contribution in [-0.2, 0) is 15.5 Å². The molecule has 12 aromatic rings. The van der Waals surface area contributed by atoms with Gasteiger partial charge in [-0.15, -0.1) is 11.3 Å². The van der Waals surface area contributed by atoms with Gasteiger partial charge in [0.1, 0.15) is 11.3 Å². The molecule has 0 bridgehead atoms. The highest BCUT2D eigenvalue weighted by Crippen LogP contribution is 2.58. The smallest absolute Gasteiger partial charge is 0.454 e. The minimum atomic E-state index is -6.07. The predicted octanol–water partition coefficient (Wildman–Crippen LogP) is 16.8. The maximum absolute atomic E-state index is 14.1. The van der Waals surface area contributed by atoms with Crippen molar-refractivity contribution in [3.8, 4) is 28.0 Å². The van der Waals surface area contributed by atoms with E-state index in [1.807, 2.05) is 95.9 Å². The van der Waals surface area contributed by atoms with Gasteiger partial charge in [-0.1, -0.05) is 140 Å². The topological polar surface area (TPSA) is 59.8 Å². The normalized spacial score (nSPS) is 13.3. The van der Waals surface area contributed by atoms with Gasteiger partial charge >= 0.3 is 15.6 Å². The molecule has 2 heterocycles. The van der Waals surface area contributed by atoms with Crippen LogP contribution in [0.4, 0.5) is 30.2 Å². The number of furan rings is 1. The zero-order valence-electron chi connectivity index (χ0n) is 36.8. The number of benzene rings is 10. The molecule has 10 heteroatoms. The minimum absolute atomic E-state index is 0.284. The number of anilines is 3. The van der Waals surface area contributed by atoms with Crippen molar-refractivity contribution in [2.45, 2.75) is 10.9 Å². The Morgan fingerprint density at radius 2 is 1.11 bits per heavy atom. The lowest BCUT2D eigenvalue weighted by Gasteiger charge is -2.34. The quantitative estimate of drug-likeness (QED) is 0.112. The van der Waals surface area contributed by atoms with Crippen molar-refractivity contribution in [1.82, 2.24) is 0 Å². The van der Waals surface area contributed by atoms with Gasteiger partial charge < -0.3 is 13.5 Å². The lowest BCUT2D eigenvalue weighted by molar-refractivity contribution is -0.0500. The van der Waals surface area contributed by atoms with Crippen LogP contribution in [0.5, 0.6) is 5.75 Å². The molecule has 338 valence electrons. The number of halogens is 3. The van der Waals surface area contributed by atoms with Gasteiger partial charge in [0.05, 0.1) is 11.1 Å². The molecule has 0 saturated carbocycles. The molecule has 2 aromatic heterocycles. The Balaban J connectivity index is 1.03. The molecular weight excluding hydrogens is 920 g/mol. The van der Waals surface area contributed by atoms with Crippen molar-refractivity contribution in [2.24, 2.45) is 0 Å². The summed E-state index contributed by atoms with van der Waals surface area (Å²) >= 11 is 1.66. The van der Waals surface area contributed by atoms with Crippen LogP contribution >= 0.6 is 11.3 Å². The number of thiophene rings is 1. The Hall–Kier alpha value is -8.18. The summed E-state index contributed by atoms with van der Waals surface area (Å²) in [6.45, 7) is 0. The molecule has 13 rings (SSSR count). The van der Waals surface area contributed by atoms with E-state index in [9.17, 15) is 21.6 Å². The third-order valence-corrected chi connectivity index (χ3v) is 15.8. The zero-order valence-corrected chi connectivity index (χ0v) is 38.4. The summed E-state index contributed by atoms with van der Waals surface area (Å²) in [6.07, 6.45) is 0. The lowest BCUT2D eigenvalue weighted by atomic mass is 9.67. The summed E-state index contributed by atoms with van der Waals surface area (Å²) in [5.41, 5.74) is 4.62. The summed E-state index contributed by atoms with van der Waals surface area (Å²) in [4.78, 5) is 1.86. The van der Waals surface area contributed by atoms with Crippen LogP contribution in [-0.4, -0.2) is 13.9 Å². The van der Waals surface area contributed by atoms with Crippen molar-refractivity contribution < 1.29 is 30.2 Å². The average Bonchev–Trinajstić information content (AvgIpc) is 4.04. The first kappa shape index (κ1) is 42.0. The van der Waals surface area contributed by atoms with Gasteiger partial charge in [-0.25, -0.2) is 0 Å². The Labute approximate surface area is 404 Å². The van der Waals surface area contributed by atoms with Gasteiger partial charge in [-0.2, -0.15) is 21.6 Å². The summed E-state index contributed by atoms with van der Waals surface area (Å²) in [6, 6.07) is 72.6. The summed E-state index contributed by atoms with van der Waals surface area (Å²) in [5.74, 6) is -0.518. The molecule has 0 fully saturated rings. The molecule has 0 radical (unpaired) electrons. The summed E-state index contributed by atoms with van der Waals surface area (Å²) < 4.78 is 81.6. The molecule has 0 atom stereocenters. The van der Waals surface area contributed by atoms with E-state index in [1.165, 1.54) is 17.7 Å². The van der Waals surface area contributed by atoms with Crippen LogP contribution in [0.3, 0.4) is 0 Å². The number of fused-ring (bicyclic) bond motifs is 10. The van der Waals surface area contributed by atoms with Gasteiger partial charge in [0.15, 0.2) is 5.58 Å². The van der Waals surface area contributed by atoms with Crippen molar-refractivity contribution in [3.05, 3.63) is 241 Å². The fourth-order valence-electron chi connectivity index (χ4n) is 10.6. The zero-order chi connectivity index (χ0) is 47.4. The molecule has 70 heavy (non-hydrogen) atoms. The number of rotatable bonds is 8. The van der Waals surface area contributed by atoms with Crippen LogP contribution < -0.4 is 9.08 Å². The monoisotopic (exact) mass is 955 g/mol. The van der Waals surface area contributed by atoms with Crippen LogP contribution in [0.25, 0.3) is 75.1 Å². The standard InChI is InChI=1S/C60H36F3NO4S2/c61-60(62,63)70(65,66)68-45-35-51-49-32-40(25-28-55(49)67-58(51)54(36-45)64(43-20-8-3-9-21-43)44-26-29-57-50(34-44)46-22-12-13-23-56(46)69-57)39-24-27-52-47(31-39)48-30-37-14-10-11-15-38(37)33-53(48)59(52,41-16-4-1-5-17-41)42-18-6-2-7-19-42/h1-36H. The van der Waals surface area contributed by atoms with Gasteiger partial charge in [0, 0.05) is 48.4 Å². The van der Waals surface area contributed by atoms with E-state index in [0.717, 1.165) is 69.9 Å². The average molecular weight is 956 g/mol. The van der Waals surface area contributed by atoms with Crippen LogP contribution in [0.15, 0.2) is 223 Å². The number of alkyl halides is 3. The van der Waals surface area contributed by atoms with Crippen molar-refractivity contribution in [1.29, 1.82) is 0 Å². The second-order valence-electron chi connectivity index (χ2n) is 17.6. The molecule has 5 nitrogen and oxygen atoms in total. The van der Waals surface area contributed by atoms with Crippen molar-refractivity contribution in [2.75, 3.05) is 4.90 Å². The van der Waals surface area contributed by atoms with E-state index in [2.05, 4.69) is 115 Å². The first-order valence-electron chi connectivity index (χ1n) is 22.6. The molecule has 0 aliphatic heterocycles. The van der Waals surface area contributed by atoms with Crippen molar-refractivity contribution in [3.63, 3.8) is 0 Å². The lowest BCUT2D eigenvalue weighted by Crippen LogP contribution is -2.28. The van der Waals surface area contributed by atoms with E-state index < -0.39 is 26.8 Å². The Morgan fingerprint density at radius 1 is 0.500 bits per heavy atom. The molecule has 0 amide bonds. The van der Waals surface area contributed by atoms with E-state index in [-0.39, 0.29) is 5.69 Å². The highest BCUT2D eigenvalue weighted by Gasteiger charge is 2.49. The SMILES string of the molecule is O=S(=O)(Oc1cc(N(c2ccccc2)c2ccc3sc4ccccc4c3c2)c2oc3ccc(-c4ccc5c(c4)-c4cc6ccccc6cc4C5(c4ccccc4)c4ccccc4)cc3c2c1)C(F)(F)F.